The van der Waals surface area contributed by atoms with Crippen molar-refractivity contribution in [2.45, 2.75) is 50.3 Å². The molecule has 5 nitrogen and oxygen atoms in total. The average Bonchev–Trinajstić information content (AvgIpc) is 2.83. The Balaban J connectivity index is 2.31. The summed E-state index contributed by atoms with van der Waals surface area (Å²) >= 11 is 0. The van der Waals surface area contributed by atoms with Gasteiger partial charge in [-0.3, -0.25) is 0 Å². The maximum absolute atomic E-state index is 11.9. The van der Waals surface area contributed by atoms with E-state index < -0.39 is 15.3 Å². The van der Waals surface area contributed by atoms with Crippen LogP contribution in [0.2, 0.25) is 0 Å². The molecule has 0 saturated heterocycles. The van der Waals surface area contributed by atoms with Gasteiger partial charge in [-0.15, -0.1) is 0 Å². The molecule has 0 aromatic rings. The smallest absolute Gasteiger partial charge is 0.215 e. The second-order valence-corrected chi connectivity index (χ2v) is 7.17. The number of nitrogens with one attached hydrogen (secondary N) is 1. The molecule has 1 atom stereocenters. The van der Waals surface area contributed by atoms with E-state index in [1.165, 1.54) is 25.7 Å². The SMILES string of the molecule is CCC(CN)S(=O)(=O)NCCN(C)C1CCCC1. The number of hydrogen-bond donors (Lipinski definition) is 2. The molecular weight excluding hydrogens is 250 g/mol. The Morgan fingerprint density at radius 2 is 2.00 bits per heavy atom. The highest BCUT2D eigenvalue weighted by atomic mass is 32.2. The zero-order valence-electron chi connectivity index (χ0n) is 11.6. The highest BCUT2D eigenvalue weighted by Crippen LogP contribution is 2.21. The third-order valence-electron chi connectivity index (χ3n) is 3.87. The average molecular weight is 277 g/mol. The molecule has 1 aliphatic rings. The quantitative estimate of drug-likeness (QED) is 0.678. The molecule has 0 amide bonds. The van der Waals surface area contributed by atoms with Gasteiger partial charge in [-0.1, -0.05) is 19.8 Å². The third-order valence-corrected chi connectivity index (χ3v) is 5.88. The summed E-state index contributed by atoms with van der Waals surface area (Å²) in [6, 6.07) is 0.631. The van der Waals surface area contributed by atoms with Crippen LogP contribution in [0.25, 0.3) is 0 Å². The standard InChI is InChI=1S/C12H27N3O2S/c1-3-12(10-13)18(16,17)14-8-9-15(2)11-6-4-5-7-11/h11-12,14H,3-10,13H2,1-2H3. The van der Waals surface area contributed by atoms with Crippen LogP contribution >= 0.6 is 0 Å². The molecule has 1 fully saturated rings. The molecule has 0 radical (unpaired) electrons. The number of hydrogen-bond acceptors (Lipinski definition) is 4. The summed E-state index contributed by atoms with van der Waals surface area (Å²) in [5.74, 6) is 0. The molecule has 0 bridgehead atoms. The predicted octanol–water partition coefficient (Wildman–Crippen LogP) is 0.518. The fourth-order valence-corrected chi connectivity index (χ4v) is 3.83. The molecule has 3 N–H and O–H groups in total. The van der Waals surface area contributed by atoms with Crippen molar-refractivity contribution < 1.29 is 8.42 Å². The summed E-state index contributed by atoms with van der Waals surface area (Å²) in [6.45, 7) is 3.28. The van der Waals surface area contributed by atoms with E-state index in [2.05, 4.69) is 16.7 Å². The number of nitrogens with two attached hydrogens (primary N) is 1. The fraction of sp³-hybridized carbons (Fsp3) is 1.00. The van der Waals surface area contributed by atoms with Crippen molar-refractivity contribution in [3.05, 3.63) is 0 Å². The molecule has 6 heteroatoms. The summed E-state index contributed by atoms with van der Waals surface area (Å²) < 4.78 is 26.4. The molecule has 1 unspecified atom stereocenters. The van der Waals surface area contributed by atoms with Gasteiger partial charge in [-0.2, -0.15) is 0 Å². The van der Waals surface area contributed by atoms with Crippen LogP contribution in [-0.2, 0) is 10.0 Å². The molecule has 0 aromatic heterocycles. The van der Waals surface area contributed by atoms with Crippen LogP contribution in [0.3, 0.4) is 0 Å². The Labute approximate surface area is 111 Å². The van der Waals surface area contributed by atoms with Gasteiger partial charge in [0.25, 0.3) is 0 Å². The van der Waals surface area contributed by atoms with E-state index in [-0.39, 0.29) is 6.54 Å². The zero-order chi connectivity index (χ0) is 13.6. The first kappa shape index (κ1) is 15.9. The van der Waals surface area contributed by atoms with Crippen molar-refractivity contribution in [1.29, 1.82) is 0 Å². The monoisotopic (exact) mass is 277 g/mol. The van der Waals surface area contributed by atoms with Gasteiger partial charge in [0, 0.05) is 25.7 Å². The molecule has 0 aromatic carbocycles. The Bertz CT molecular complexity index is 322. The molecular formula is C12H27N3O2S. The predicted molar refractivity (Wildman–Crippen MR) is 74.9 cm³/mol. The summed E-state index contributed by atoms with van der Waals surface area (Å²) in [7, 11) is -1.17. The number of nitrogens with zero attached hydrogens (tertiary/aromatic N) is 1. The van der Waals surface area contributed by atoms with Crippen LogP contribution in [0, 0.1) is 0 Å². The minimum absolute atomic E-state index is 0.185. The number of likely N-dealkylation sites (N-methyl/N-ethyl adjacent to an activating group) is 1. The Morgan fingerprint density at radius 3 is 2.50 bits per heavy atom. The lowest BCUT2D eigenvalue weighted by molar-refractivity contribution is 0.249. The molecule has 108 valence electrons. The number of sulfonamides is 1. The summed E-state index contributed by atoms with van der Waals surface area (Å²) in [5.41, 5.74) is 5.47. The highest BCUT2D eigenvalue weighted by Gasteiger charge is 2.23. The van der Waals surface area contributed by atoms with E-state index in [4.69, 9.17) is 5.73 Å². The van der Waals surface area contributed by atoms with E-state index in [9.17, 15) is 8.42 Å². The van der Waals surface area contributed by atoms with Crippen molar-refractivity contribution >= 4 is 10.0 Å². The second kappa shape index (κ2) is 7.43. The number of rotatable bonds is 8. The highest BCUT2D eigenvalue weighted by molar-refractivity contribution is 7.90. The molecule has 18 heavy (non-hydrogen) atoms. The zero-order valence-corrected chi connectivity index (χ0v) is 12.4. The second-order valence-electron chi connectivity index (χ2n) is 5.12. The van der Waals surface area contributed by atoms with Crippen LogP contribution < -0.4 is 10.5 Å². The lowest BCUT2D eigenvalue weighted by Crippen LogP contribution is -2.42. The molecule has 1 rings (SSSR count). The molecule has 0 spiro atoms. The van der Waals surface area contributed by atoms with Gasteiger partial charge in [0.1, 0.15) is 0 Å². The van der Waals surface area contributed by atoms with Gasteiger partial charge >= 0.3 is 0 Å². The third kappa shape index (κ3) is 4.50. The minimum Gasteiger partial charge on any atom is -0.329 e. The minimum atomic E-state index is -3.24. The van der Waals surface area contributed by atoms with Gasteiger partial charge in [0.15, 0.2) is 0 Å². The topological polar surface area (TPSA) is 75.4 Å². The van der Waals surface area contributed by atoms with Crippen LogP contribution in [0.5, 0.6) is 0 Å². The van der Waals surface area contributed by atoms with Gasteiger partial charge in [-0.05, 0) is 26.3 Å². The summed E-state index contributed by atoms with van der Waals surface area (Å²) in [4.78, 5) is 2.26. The van der Waals surface area contributed by atoms with E-state index in [1.807, 2.05) is 6.92 Å². The van der Waals surface area contributed by atoms with Crippen LogP contribution in [-0.4, -0.2) is 51.3 Å². The summed E-state index contributed by atoms with van der Waals surface area (Å²) in [6.07, 6.45) is 5.63. The normalized spacial score (nSPS) is 19.6. The van der Waals surface area contributed by atoms with E-state index in [0.717, 1.165) is 6.54 Å². The first-order chi connectivity index (χ1) is 8.51. The Hall–Kier alpha value is -0.170. The van der Waals surface area contributed by atoms with Crippen molar-refractivity contribution in [3.8, 4) is 0 Å². The summed E-state index contributed by atoms with van der Waals surface area (Å²) in [5, 5.41) is -0.464. The molecule has 1 saturated carbocycles. The fourth-order valence-electron chi connectivity index (χ4n) is 2.52. The van der Waals surface area contributed by atoms with E-state index in [0.29, 0.717) is 19.0 Å². The van der Waals surface area contributed by atoms with Gasteiger partial charge < -0.3 is 10.6 Å². The Morgan fingerprint density at radius 1 is 1.39 bits per heavy atom. The Kier molecular flexibility index (Phi) is 6.55. The van der Waals surface area contributed by atoms with Crippen LogP contribution in [0.1, 0.15) is 39.0 Å². The van der Waals surface area contributed by atoms with Crippen LogP contribution in [0.15, 0.2) is 0 Å². The van der Waals surface area contributed by atoms with Crippen molar-refractivity contribution in [1.82, 2.24) is 9.62 Å². The lowest BCUT2D eigenvalue weighted by atomic mass is 10.2. The lowest BCUT2D eigenvalue weighted by Gasteiger charge is -2.24. The first-order valence-electron chi connectivity index (χ1n) is 6.90. The van der Waals surface area contributed by atoms with Gasteiger partial charge in [0.05, 0.1) is 5.25 Å². The van der Waals surface area contributed by atoms with Crippen LogP contribution in [0.4, 0.5) is 0 Å². The van der Waals surface area contributed by atoms with Crippen molar-refractivity contribution in [2.75, 3.05) is 26.7 Å². The maximum Gasteiger partial charge on any atom is 0.215 e. The van der Waals surface area contributed by atoms with Crippen molar-refractivity contribution in [3.63, 3.8) is 0 Å². The largest absolute Gasteiger partial charge is 0.329 e. The van der Waals surface area contributed by atoms with Gasteiger partial charge in [0.2, 0.25) is 10.0 Å². The molecule has 1 aliphatic carbocycles. The van der Waals surface area contributed by atoms with Gasteiger partial charge in [-0.25, -0.2) is 13.1 Å². The van der Waals surface area contributed by atoms with Crippen molar-refractivity contribution in [2.24, 2.45) is 5.73 Å². The van der Waals surface area contributed by atoms with E-state index in [1.54, 1.807) is 0 Å². The maximum atomic E-state index is 11.9. The van der Waals surface area contributed by atoms with E-state index >= 15 is 0 Å². The molecule has 0 aliphatic heterocycles. The molecule has 0 heterocycles. The first-order valence-corrected chi connectivity index (χ1v) is 8.44.